The van der Waals surface area contributed by atoms with Crippen LogP contribution < -0.4 is 4.90 Å². The number of hydrogen-bond donors (Lipinski definition) is 3. The van der Waals surface area contributed by atoms with E-state index in [1.165, 1.54) is 5.56 Å². The molecule has 0 saturated heterocycles. The summed E-state index contributed by atoms with van der Waals surface area (Å²) in [6, 6.07) is 6.20. The molecule has 1 aromatic rings. The normalized spacial score (nSPS) is 44.7. The van der Waals surface area contributed by atoms with Gasteiger partial charge >= 0.3 is 0 Å². The van der Waals surface area contributed by atoms with E-state index < -0.39 is 0 Å². The Morgan fingerprint density at radius 3 is 2.68 bits per heavy atom. The molecule has 0 bridgehead atoms. The molecule has 210 valence electrons. The Morgan fingerprint density at radius 1 is 1.11 bits per heavy atom. The molecular weight excluding hydrogens is 542 g/mol. The molecule has 4 saturated carbocycles. The molecule has 4 fully saturated rings. The monoisotopic (exact) mass is 587 g/mol. The van der Waals surface area contributed by atoms with Gasteiger partial charge in [-0.3, -0.25) is 4.79 Å². The van der Waals surface area contributed by atoms with E-state index >= 15 is 0 Å². The number of aliphatic hydroxyl groups is 3. The number of amides is 1. The third-order valence-corrected chi connectivity index (χ3v) is 13.1. The maximum atomic E-state index is 13.3. The highest BCUT2D eigenvalue weighted by molar-refractivity contribution is 9.10. The first kappa shape index (κ1) is 27.2. The van der Waals surface area contributed by atoms with Gasteiger partial charge in [0.1, 0.15) is 0 Å². The molecule has 5 nitrogen and oxygen atoms in total. The summed E-state index contributed by atoms with van der Waals surface area (Å²) >= 11 is 3.54. The molecule has 5 aliphatic rings. The van der Waals surface area contributed by atoms with Crippen molar-refractivity contribution in [2.45, 2.75) is 103 Å². The second-order valence-electron chi connectivity index (χ2n) is 14.1. The molecule has 1 aromatic carbocycles. The average molecular weight is 589 g/mol. The zero-order valence-electron chi connectivity index (χ0n) is 23.3. The summed E-state index contributed by atoms with van der Waals surface area (Å²) in [7, 11) is 0. The Labute approximate surface area is 236 Å². The molecular formula is C32H46BrNO4. The van der Waals surface area contributed by atoms with Gasteiger partial charge in [-0.25, -0.2) is 0 Å². The van der Waals surface area contributed by atoms with Crippen LogP contribution in [0.1, 0.15) is 84.1 Å². The van der Waals surface area contributed by atoms with Crippen molar-refractivity contribution < 1.29 is 20.1 Å². The van der Waals surface area contributed by atoms with Gasteiger partial charge in [0.25, 0.3) is 0 Å². The molecule has 6 heteroatoms. The fraction of sp³-hybridized carbons (Fsp3) is 0.781. The molecule has 3 N–H and O–H groups in total. The summed E-state index contributed by atoms with van der Waals surface area (Å²) in [6.45, 7) is 7.74. The first-order chi connectivity index (χ1) is 18.0. The Bertz CT molecular complexity index is 1080. The van der Waals surface area contributed by atoms with Crippen LogP contribution >= 0.6 is 15.9 Å². The first-order valence-corrected chi connectivity index (χ1v) is 16.0. The van der Waals surface area contributed by atoms with Crippen LogP contribution in [0.3, 0.4) is 0 Å². The number of rotatable bonds is 4. The van der Waals surface area contributed by atoms with Gasteiger partial charge < -0.3 is 20.2 Å². The van der Waals surface area contributed by atoms with Gasteiger partial charge in [-0.2, -0.15) is 0 Å². The Hall–Kier alpha value is -0.950. The minimum absolute atomic E-state index is 0.100. The van der Waals surface area contributed by atoms with Gasteiger partial charge in [0.05, 0.1) is 18.3 Å². The second-order valence-corrected chi connectivity index (χ2v) is 15.0. The van der Waals surface area contributed by atoms with Gasteiger partial charge in [0.15, 0.2) is 0 Å². The Kier molecular flexibility index (Phi) is 7.06. The maximum absolute atomic E-state index is 13.3. The van der Waals surface area contributed by atoms with Gasteiger partial charge in [-0.1, -0.05) is 36.7 Å². The minimum Gasteiger partial charge on any atom is -0.393 e. The summed E-state index contributed by atoms with van der Waals surface area (Å²) in [4.78, 5) is 15.2. The van der Waals surface area contributed by atoms with Crippen LogP contribution in [-0.2, 0) is 11.2 Å². The Balaban J connectivity index is 1.16. The van der Waals surface area contributed by atoms with Crippen LogP contribution in [0.2, 0.25) is 0 Å². The average Bonchev–Trinajstić information content (AvgIpc) is 3.45. The molecule has 1 amide bonds. The number of aliphatic hydroxyl groups excluding tert-OH is 3. The van der Waals surface area contributed by atoms with Crippen molar-refractivity contribution in [1.82, 2.24) is 0 Å². The highest BCUT2D eigenvalue weighted by atomic mass is 79.9. The zero-order chi connectivity index (χ0) is 27.0. The van der Waals surface area contributed by atoms with Crippen molar-refractivity contribution in [3.8, 4) is 0 Å². The SMILES string of the molecule is C[C@H](CCC(=O)N1CCc2cc(Br)ccc21)[C@H]1CC[C@H]2[C@@H]3[C@H](O)C[C@@H]4C[C@H](O)CC[C@]4(C)[C@H]3C[C@H](O)[C@]12C. The number of hydrogen-bond acceptors (Lipinski definition) is 4. The van der Waals surface area contributed by atoms with E-state index in [0.29, 0.717) is 36.0 Å². The highest BCUT2D eigenvalue weighted by Crippen LogP contribution is 2.68. The predicted octanol–water partition coefficient (Wildman–Crippen LogP) is 5.72. The zero-order valence-corrected chi connectivity index (χ0v) is 24.9. The largest absolute Gasteiger partial charge is 0.393 e. The van der Waals surface area contributed by atoms with Crippen molar-refractivity contribution in [2.75, 3.05) is 11.4 Å². The number of halogens is 1. The standard InChI is InChI=1S/C32H46BrNO4/c1-18(4-9-29(38)34-13-11-19-14-21(33)5-8-26(19)34)23-6-7-24-30-25(17-28(37)32(23,24)3)31(2)12-10-22(35)15-20(31)16-27(30)36/h5,8,14,18,20,22-25,27-28,30,35-37H,4,6-7,9-13,15-17H2,1-3H3/t18-,20+,22-,23-,24+,25+,27-,28+,30+,31+,32-/m1/s1. The number of carbonyl (C=O) groups excluding carboxylic acids is 1. The lowest BCUT2D eigenvalue weighted by Gasteiger charge is -2.63. The summed E-state index contributed by atoms with van der Waals surface area (Å²) in [6.07, 6.45) is 7.66. The topological polar surface area (TPSA) is 81.0 Å². The number of anilines is 1. The van der Waals surface area contributed by atoms with Crippen LogP contribution in [0, 0.1) is 46.3 Å². The molecule has 0 unspecified atom stereocenters. The predicted molar refractivity (Wildman–Crippen MR) is 153 cm³/mol. The van der Waals surface area contributed by atoms with Crippen LogP contribution in [0.15, 0.2) is 22.7 Å². The molecule has 38 heavy (non-hydrogen) atoms. The van der Waals surface area contributed by atoms with Crippen molar-refractivity contribution in [3.63, 3.8) is 0 Å². The van der Waals surface area contributed by atoms with Gasteiger partial charge in [0, 0.05) is 23.1 Å². The van der Waals surface area contributed by atoms with E-state index in [9.17, 15) is 20.1 Å². The third-order valence-electron chi connectivity index (χ3n) is 12.6. The van der Waals surface area contributed by atoms with Crippen molar-refractivity contribution in [2.24, 2.45) is 46.3 Å². The van der Waals surface area contributed by atoms with E-state index in [1.807, 2.05) is 11.0 Å². The summed E-state index contributed by atoms with van der Waals surface area (Å²) < 4.78 is 1.06. The van der Waals surface area contributed by atoms with Crippen molar-refractivity contribution in [1.29, 1.82) is 0 Å². The molecule has 0 spiro atoms. The van der Waals surface area contributed by atoms with Gasteiger partial charge in [-0.15, -0.1) is 0 Å². The quantitative estimate of drug-likeness (QED) is 0.421. The molecule has 0 aromatic heterocycles. The minimum atomic E-state index is -0.377. The van der Waals surface area contributed by atoms with E-state index in [-0.39, 0.29) is 41.0 Å². The van der Waals surface area contributed by atoms with E-state index in [1.54, 1.807) is 0 Å². The fourth-order valence-corrected chi connectivity index (χ4v) is 10.9. The summed E-state index contributed by atoms with van der Waals surface area (Å²) in [5, 5.41) is 33.6. The third kappa shape index (κ3) is 4.14. The lowest BCUT2D eigenvalue weighted by atomic mass is 9.43. The van der Waals surface area contributed by atoms with E-state index in [0.717, 1.165) is 74.5 Å². The lowest BCUT2D eigenvalue weighted by molar-refractivity contribution is -0.207. The lowest BCUT2D eigenvalue weighted by Crippen LogP contribution is -2.62. The molecule has 1 heterocycles. The van der Waals surface area contributed by atoms with Gasteiger partial charge in [0.2, 0.25) is 5.91 Å². The smallest absolute Gasteiger partial charge is 0.227 e. The molecule has 4 aliphatic carbocycles. The molecule has 6 rings (SSSR count). The fourth-order valence-electron chi connectivity index (χ4n) is 10.4. The van der Waals surface area contributed by atoms with Crippen LogP contribution in [0.25, 0.3) is 0 Å². The van der Waals surface area contributed by atoms with Crippen molar-refractivity contribution >= 4 is 27.5 Å². The number of fused-ring (bicyclic) bond motifs is 6. The number of benzene rings is 1. The van der Waals surface area contributed by atoms with E-state index in [4.69, 9.17) is 0 Å². The van der Waals surface area contributed by atoms with E-state index in [2.05, 4.69) is 48.8 Å². The molecule has 0 radical (unpaired) electrons. The number of carbonyl (C=O) groups is 1. The summed E-state index contributed by atoms with van der Waals surface area (Å²) in [5.41, 5.74) is 2.18. The van der Waals surface area contributed by atoms with Crippen LogP contribution in [-0.4, -0.2) is 46.1 Å². The molecule has 11 atom stereocenters. The summed E-state index contributed by atoms with van der Waals surface area (Å²) in [5.74, 6) is 2.15. The maximum Gasteiger partial charge on any atom is 0.227 e. The van der Waals surface area contributed by atoms with Crippen molar-refractivity contribution in [3.05, 3.63) is 28.2 Å². The van der Waals surface area contributed by atoms with Gasteiger partial charge in [-0.05, 0) is 128 Å². The first-order valence-electron chi connectivity index (χ1n) is 15.2. The van der Waals surface area contributed by atoms with Crippen LogP contribution in [0.5, 0.6) is 0 Å². The van der Waals surface area contributed by atoms with Crippen LogP contribution in [0.4, 0.5) is 5.69 Å². The highest BCUT2D eigenvalue weighted by Gasteiger charge is 2.65. The Morgan fingerprint density at radius 2 is 1.89 bits per heavy atom. The second kappa shape index (κ2) is 9.85. The number of nitrogens with zero attached hydrogens (tertiary/aromatic N) is 1. The molecule has 1 aliphatic heterocycles.